The molecule has 0 aromatic heterocycles. The Hall–Kier alpha value is -3.62. The second-order valence-corrected chi connectivity index (χ2v) is 6.32. The first kappa shape index (κ1) is 25.4. The number of rotatable bonds is 6. The summed E-state index contributed by atoms with van der Waals surface area (Å²) in [5.41, 5.74) is 13.0. The van der Waals surface area contributed by atoms with E-state index in [-0.39, 0.29) is 42.8 Å². The third-order valence-electron chi connectivity index (χ3n) is 4.32. The average Bonchev–Trinajstić information content (AvgIpc) is 2.69. The van der Waals surface area contributed by atoms with Crippen molar-refractivity contribution < 1.29 is 14.3 Å². The molecule has 3 aromatic carbocycles. The molecular formula is C21H21Cl2N5O3. The van der Waals surface area contributed by atoms with Gasteiger partial charge in [0.05, 0.1) is 18.2 Å². The molecule has 0 fully saturated rings. The molecule has 0 spiro atoms. The Labute approximate surface area is 190 Å². The van der Waals surface area contributed by atoms with E-state index < -0.39 is 11.9 Å². The minimum atomic E-state index is -0.577. The Balaban J connectivity index is 0.00000240. The van der Waals surface area contributed by atoms with E-state index >= 15 is 0 Å². The van der Waals surface area contributed by atoms with Crippen molar-refractivity contribution in [3.8, 4) is 5.75 Å². The van der Waals surface area contributed by atoms with E-state index in [1.807, 2.05) is 0 Å². The number of amides is 1. The van der Waals surface area contributed by atoms with E-state index in [4.69, 9.17) is 27.5 Å². The second-order valence-electron chi connectivity index (χ2n) is 6.32. The number of carbonyl (C=O) groups is 2. The van der Waals surface area contributed by atoms with Crippen LogP contribution in [0.4, 0.5) is 0 Å². The highest BCUT2D eigenvalue weighted by molar-refractivity contribution is 6.01. The van der Waals surface area contributed by atoms with Crippen LogP contribution in [-0.4, -0.2) is 23.9 Å². The summed E-state index contributed by atoms with van der Waals surface area (Å²) in [7, 11) is 0. The molecule has 0 saturated carbocycles. The van der Waals surface area contributed by atoms with Gasteiger partial charge in [-0.05, 0) is 40.6 Å². The van der Waals surface area contributed by atoms with E-state index in [9.17, 15) is 9.59 Å². The van der Waals surface area contributed by atoms with Crippen molar-refractivity contribution in [1.29, 1.82) is 5.41 Å². The van der Waals surface area contributed by atoms with E-state index in [1.165, 1.54) is 6.21 Å². The first-order valence-electron chi connectivity index (χ1n) is 8.63. The summed E-state index contributed by atoms with van der Waals surface area (Å²) >= 11 is 0. The number of halogens is 2. The van der Waals surface area contributed by atoms with Crippen LogP contribution in [0.2, 0.25) is 0 Å². The van der Waals surface area contributed by atoms with Crippen LogP contribution < -0.4 is 22.0 Å². The lowest BCUT2D eigenvalue weighted by Crippen LogP contribution is -2.16. The Bertz CT molecular complexity index is 1150. The maximum atomic E-state index is 12.6. The number of nitrogen functional groups attached to an aromatic ring is 1. The lowest BCUT2D eigenvalue weighted by Gasteiger charge is -2.13. The molecule has 0 saturated heterocycles. The molecule has 1 amide bonds. The third-order valence-corrected chi connectivity index (χ3v) is 4.32. The van der Waals surface area contributed by atoms with Gasteiger partial charge in [0.25, 0.3) is 0 Å². The van der Waals surface area contributed by atoms with Gasteiger partial charge in [-0.2, -0.15) is 5.10 Å². The highest BCUT2D eigenvalue weighted by Crippen LogP contribution is 2.30. The van der Waals surface area contributed by atoms with Crippen LogP contribution in [0.1, 0.15) is 27.0 Å². The fourth-order valence-electron chi connectivity index (χ4n) is 2.94. The Morgan fingerprint density at radius 2 is 1.61 bits per heavy atom. The number of ether oxygens (including phenoxy) is 1. The standard InChI is InChI=1S/C21H19N5O3.2ClH/c22-19(27)10-17-16-7-5-15(20(23)24)9-14(16)6-8-18(17)29-21(28)13-3-1-12(2-4-13)11-26-25;;/h1-9,11H,10,25H2,(H2,22,27)(H3,23,24);2*1H/b26-11-;;. The van der Waals surface area contributed by atoms with Crippen molar-refractivity contribution in [3.05, 3.63) is 76.9 Å². The fourth-order valence-corrected chi connectivity index (χ4v) is 2.94. The number of nitrogens with two attached hydrogens (primary N) is 3. The number of nitrogens with one attached hydrogen (secondary N) is 1. The number of primary amides is 1. The summed E-state index contributed by atoms with van der Waals surface area (Å²) < 4.78 is 5.55. The summed E-state index contributed by atoms with van der Waals surface area (Å²) in [6, 6.07) is 15.0. The largest absolute Gasteiger partial charge is 0.423 e. The molecular weight excluding hydrogens is 441 g/mol. The number of hydrazone groups is 1. The molecule has 0 unspecified atom stereocenters. The zero-order valence-electron chi connectivity index (χ0n) is 16.2. The van der Waals surface area contributed by atoms with Crippen LogP contribution in [0, 0.1) is 5.41 Å². The zero-order valence-corrected chi connectivity index (χ0v) is 17.8. The number of benzene rings is 3. The lowest BCUT2D eigenvalue weighted by molar-refractivity contribution is -0.117. The first-order valence-corrected chi connectivity index (χ1v) is 8.63. The summed E-state index contributed by atoms with van der Waals surface area (Å²) in [5.74, 6) is 4.15. The van der Waals surface area contributed by atoms with Gasteiger partial charge in [-0.3, -0.25) is 10.2 Å². The quantitative estimate of drug-likeness (QED) is 0.111. The van der Waals surface area contributed by atoms with Crippen molar-refractivity contribution in [2.75, 3.05) is 0 Å². The van der Waals surface area contributed by atoms with E-state index in [1.54, 1.807) is 54.6 Å². The van der Waals surface area contributed by atoms with Crippen LogP contribution in [-0.2, 0) is 11.2 Å². The monoisotopic (exact) mass is 461 g/mol. The van der Waals surface area contributed by atoms with Gasteiger partial charge in [-0.15, -0.1) is 24.8 Å². The number of esters is 1. The molecule has 0 radical (unpaired) electrons. The topological polar surface area (TPSA) is 158 Å². The predicted molar refractivity (Wildman–Crippen MR) is 126 cm³/mol. The molecule has 31 heavy (non-hydrogen) atoms. The minimum Gasteiger partial charge on any atom is -0.423 e. The molecule has 0 aliphatic rings. The van der Waals surface area contributed by atoms with Crippen LogP contribution in [0.25, 0.3) is 10.8 Å². The van der Waals surface area contributed by atoms with Crippen LogP contribution in [0.15, 0.2) is 59.7 Å². The first-order chi connectivity index (χ1) is 13.9. The summed E-state index contributed by atoms with van der Waals surface area (Å²) in [4.78, 5) is 24.2. The Morgan fingerprint density at radius 1 is 0.968 bits per heavy atom. The van der Waals surface area contributed by atoms with Crippen LogP contribution >= 0.6 is 24.8 Å². The highest BCUT2D eigenvalue weighted by Gasteiger charge is 2.16. The maximum Gasteiger partial charge on any atom is 0.343 e. The van der Waals surface area contributed by atoms with Gasteiger partial charge in [0.15, 0.2) is 0 Å². The molecule has 10 heteroatoms. The summed E-state index contributed by atoms with van der Waals surface area (Å²) in [6.45, 7) is 0. The minimum absolute atomic E-state index is 0. The summed E-state index contributed by atoms with van der Waals surface area (Å²) in [6.07, 6.45) is 1.35. The van der Waals surface area contributed by atoms with Crippen molar-refractivity contribution in [2.24, 2.45) is 22.4 Å². The number of hydrogen-bond donors (Lipinski definition) is 4. The Kier molecular flexibility index (Phi) is 8.98. The van der Waals surface area contributed by atoms with Crippen molar-refractivity contribution in [1.82, 2.24) is 0 Å². The molecule has 0 aliphatic carbocycles. The van der Waals surface area contributed by atoms with Gasteiger partial charge in [-0.25, -0.2) is 4.79 Å². The SMILES string of the molecule is Cl.Cl.N=C(N)c1ccc2c(CC(N)=O)c(OC(=O)c3ccc(/C=N\N)cc3)ccc2c1. The molecule has 0 heterocycles. The van der Waals surface area contributed by atoms with Gasteiger partial charge < -0.3 is 22.0 Å². The zero-order chi connectivity index (χ0) is 21.0. The van der Waals surface area contributed by atoms with E-state index in [0.717, 1.165) is 10.9 Å². The predicted octanol–water partition coefficient (Wildman–Crippen LogP) is 2.51. The Morgan fingerprint density at radius 3 is 2.19 bits per heavy atom. The van der Waals surface area contributed by atoms with Crippen molar-refractivity contribution in [3.63, 3.8) is 0 Å². The molecule has 3 rings (SSSR count). The highest BCUT2D eigenvalue weighted by atomic mass is 35.5. The van der Waals surface area contributed by atoms with Gasteiger partial charge in [0, 0.05) is 11.1 Å². The molecule has 0 aliphatic heterocycles. The number of fused-ring (bicyclic) bond motifs is 1. The molecule has 0 bridgehead atoms. The molecule has 0 atom stereocenters. The van der Waals surface area contributed by atoms with Gasteiger partial charge in [0.2, 0.25) is 5.91 Å². The number of nitrogens with zero attached hydrogens (tertiary/aromatic N) is 1. The third kappa shape index (κ3) is 5.94. The van der Waals surface area contributed by atoms with Gasteiger partial charge in [-0.1, -0.05) is 30.3 Å². The normalized spacial score (nSPS) is 10.2. The number of amidine groups is 1. The lowest BCUT2D eigenvalue weighted by atomic mass is 9.98. The molecule has 3 aromatic rings. The van der Waals surface area contributed by atoms with Gasteiger partial charge >= 0.3 is 5.97 Å². The van der Waals surface area contributed by atoms with Gasteiger partial charge in [0.1, 0.15) is 11.6 Å². The molecule has 7 N–H and O–H groups in total. The fraction of sp³-hybridized carbons (Fsp3) is 0.0476. The summed E-state index contributed by atoms with van der Waals surface area (Å²) in [5, 5.41) is 12.4. The van der Waals surface area contributed by atoms with E-state index in [2.05, 4.69) is 5.10 Å². The average molecular weight is 462 g/mol. The van der Waals surface area contributed by atoms with Crippen LogP contribution in [0.3, 0.4) is 0 Å². The second kappa shape index (κ2) is 11.0. The van der Waals surface area contributed by atoms with Crippen molar-refractivity contribution in [2.45, 2.75) is 6.42 Å². The smallest absolute Gasteiger partial charge is 0.343 e. The van der Waals surface area contributed by atoms with Crippen LogP contribution in [0.5, 0.6) is 5.75 Å². The molecule has 162 valence electrons. The van der Waals surface area contributed by atoms with E-state index in [0.29, 0.717) is 22.1 Å². The number of carbonyl (C=O) groups excluding carboxylic acids is 2. The van der Waals surface area contributed by atoms with Crippen molar-refractivity contribution >= 4 is 59.5 Å². The molecule has 8 nitrogen and oxygen atoms in total. The maximum absolute atomic E-state index is 12.6. The number of hydrogen-bond acceptors (Lipinski definition) is 6.